The van der Waals surface area contributed by atoms with Crippen molar-refractivity contribution in [2.45, 2.75) is 8.22 Å². The summed E-state index contributed by atoms with van der Waals surface area (Å²) in [6.45, 7) is 0.0372. The van der Waals surface area contributed by atoms with Gasteiger partial charge in [0, 0.05) is 12.7 Å². The molecule has 14 heavy (non-hydrogen) atoms. The van der Waals surface area contributed by atoms with Crippen molar-refractivity contribution >= 4 is 90.4 Å². The molecule has 0 saturated carbocycles. The molecule has 0 fully saturated rings. The van der Waals surface area contributed by atoms with Crippen LogP contribution >= 0.6 is 90.4 Å². The quantitative estimate of drug-likeness (QED) is 0.385. The molecule has 2 N–H and O–H groups in total. The van der Waals surface area contributed by atoms with Gasteiger partial charge in [0.05, 0.1) is 6.61 Å². The van der Waals surface area contributed by atoms with E-state index in [0.29, 0.717) is 0 Å². The first-order chi connectivity index (χ1) is 6.38. The Balaban J connectivity index is 3.31. The molecule has 0 heterocycles. The van der Waals surface area contributed by atoms with Crippen LogP contribution in [0.25, 0.3) is 0 Å². The zero-order chi connectivity index (χ0) is 10.9. The van der Waals surface area contributed by atoms with Gasteiger partial charge in [0.25, 0.3) is 0 Å². The Labute approximate surface area is 137 Å². The van der Waals surface area contributed by atoms with Crippen molar-refractivity contribution in [1.82, 2.24) is 0 Å². The van der Waals surface area contributed by atoms with Gasteiger partial charge in [-0.25, -0.2) is 0 Å². The molecular formula is C8H6I4O2. The molecule has 1 aromatic carbocycles. The number of aliphatic hydroxyl groups is 2. The Bertz CT molecular complexity index is 346. The molecule has 0 atom stereocenters. The van der Waals surface area contributed by atoms with E-state index in [0.717, 1.165) is 18.3 Å². The van der Waals surface area contributed by atoms with Gasteiger partial charge >= 0.3 is 0 Å². The molecule has 0 bridgehead atoms. The normalized spacial score (nSPS) is 11.9. The van der Waals surface area contributed by atoms with E-state index in [2.05, 4.69) is 45.2 Å². The van der Waals surface area contributed by atoms with Gasteiger partial charge in [-0.05, 0) is 95.9 Å². The minimum atomic E-state index is -0.889. The molecule has 0 aliphatic rings. The van der Waals surface area contributed by atoms with Gasteiger partial charge in [0.2, 0.25) is 0 Å². The van der Waals surface area contributed by atoms with E-state index in [1.165, 1.54) is 0 Å². The molecular weight excluding hydrogens is 636 g/mol. The van der Waals surface area contributed by atoms with Crippen molar-refractivity contribution in [3.05, 3.63) is 30.4 Å². The monoisotopic (exact) mass is 642 g/mol. The van der Waals surface area contributed by atoms with Gasteiger partial charge in [0.15, 0.2) is 1.61 Å². The first kappa shape index (κ1) is 14.1. The molecule has 0 unspecified atom stereocenters. The van der Waals surface area contributed by atoms with E-state index < -0.39 is 1.61 Å². The van der Waals surface area contributed by atoms with E-state index in [9.17, 15) is 5.11 Å². The highest BCUT2D eigenvalue weighted by molar-refractivity contribution is 14.2. The summed E-state index contributed by atoms with van der Waals surface area (Å²) in [5.74, 6) is 0. The molecule has 1 rings (SSSR count). The highest BCUT2D eigenvalue weighted by atomic mass is 127. The van der Waals surface area contributed by atoms with Crippen LogP contribution in [0.1, 0.15) is 11.1 Å². The largest absolute Gasteiger partial charge is 0.392 e. The minimum Gasteiger partial charge on any atom is -0.392 e. The van der Waals surface area contributed by atoms with Gasteiger partial charge in [-0.1, -0.05) is 12.1 Å². The predicted molar refractivity (Wildman–Crippen MR) is 89.7 cm³/mol. The summed E-state index contributed by atoms with van der Waals surface area (Å²) in [5.41, 5.74) is 1.77. The van der Waals surface area contributed by atoms with Crippen LogP contribution in [0.2, 0.25) is 0 Å². The number of hydrogen-bond donors (Lipinski definition) is 2. The molecule has 1 aromatic rings. The lowest BCUT2D eigenvalue weighted by Crippen LogP contribution is -2.10. The maximum absolute atomic E-state index is 9.86. The zero-order valence-electron chi connectivity index (χ0n) is 6.77. The Morgan fingerprint density at radius 1 is 1.14 bits per heavy atom. The van der Waals surface area contributed by atoms with Gasteiger partial charge in [0.1, 0.15) is 0 Å². The molecule has 0 radical (unpaired) electrons. The lowest BCUT2D eigenvalue weighted by Gasteiger charge is -2.17. The van der Waals surface area contributed by atoms with Gasteiger partial charge in [-0.15, -0.1) is 0 Å². The van der Waals surface area contributed by atoms with Crippen LogP contribution in [0.5, 0.6) is 0 Å². The van der Waals surface area contributed by atoms with Crippen molar-refractivity contribution in [1.29, 1.82) is 0 Å². The summed E-state index contributed by atoms with van der Waals surface area (Å²) in [6, 6.07) is 3.70. The van der Waals surface area contributed by atoms with Crippen LogP contribution in [0.3, 0.4) is 0 Å². The van der Waals surface area contributed by atoms with Crippen molar-refractivity contribution in [2.24, 2.45) is 0 Å². The standard InChI is InChI=1S/C8H6I4O2/c9-6-4(3-13)1-2-5(7(6)10)8(11,12)14/h1-2,13-14H,3H2. The van der Waals surface area contributed by atoms with Crippen LogP contribution in [-0.2, 0) is 8.22 Å². The molecule has 0 aromatic heterocycles. The van der Waals surface area contributed by atoms with Gasteiger partial charge in [-0.3, -0.25) is 0 Å². The fraction of sp³-hybridized carbons (Fsp3) is 0.250. The Morgan fingerprint density at radius 2 is 1.71 bits per heavy atom. The van der Waals surface area contributed by atoms with Crippen molar-refractivity contribution in [3.8, 4) is 0 Å². The molecule has 0 amide bonds. The van der Waals surface area contributed by atoms with Crippen molar-refractivity contribution in [3.63, 3.8) is 0 Å². The number of benzene rings is 1. The maximum atomic E-state index is 9.86. The third-order valence-electron chi connectivity index (χ3n) is 1.66. The zero-order valence-corrected chi connectivity index (χ0v) is 15.4. The second kappa shape index (κ2) is 5.60. The number of halogens is 4. The van der Waals surface area contributed by atoms with E-state index in [1.54, 1.807) is 0 Å². The van der Waals surface area contributed by atoms with E-state index >= 15 is 0 Å². The van der Waals surface area contributed by atoms with Crippen molar-refractivity contribution in [2.75, 3.05) is 0 Å². The van der Waals surface area contributed by atoms with Crippen molar-refractivity contribution < 1.29 is 10.2 Å². The number of aliphatic hydroxyl groups excluding tert-OH is 1. The van der Waals surface area contributed by atoms with Crippen LogP contribution in [0.15, 0.2) is 12.1 Å². The Morgan fingerprint density at radius 3 is 2.14 bits per heavy atom. The Kier molecular flexibility index (Phi) is 5.65. The Hall–Kier alpha value is 2.06. The molecule has 0 spiro atoms. The van der Waals surface area contributed by atoms with Crippen LogP contribution < -0.4 is 0 Å². The smallest absolute Gasteiger partial charge is 0.193 e. The third-order valence-corrected chi connectivity index (χ3v) is 6.20. The second-order valence-corrected chi connectivity index (χ2v) is 9.94. The second-order valence-electron chi connectivity index (χ2n) is 2.60. The average Bonchev–Trinajstić information content (AvgIpc) is 2.07. The van der Waals surface area contributed by atoms with E-state index in [1.807, 2.05) is 57.3 Å². The van der Waals surface area contributed by atoms with Gasteiger partial charge in [-0.2, -0.15) is 0 Å². The number of hydrogen-bond acceptors (Lipinski definition) is 2. The topological polar surface area (TPSA) is 40.5 Å². The van der Waals surface area contributed by atoms with Gasteiger partial charge < -0.3 is 10.2 Å². The van der Waals surface area contributed by atoms with Crippen LogP contribution in [-0.4, -0.2) is 10.2 Å². The molecule has 6 heteroatoms. The summed E-state index contributed by atoms with van der Waals surface area (Å²) >= 11 is 8.34. The summed E-state index contributed by atoms with van der Waals surface area (Å²) in [5, 5.41) is 18.9. The lowest BCUT2D eigenvalue weighted by molar-refractivity contribution is 0.267. The minimum absolute atomic E-state index is 0.0372. The number of alkyl halides is 2. The van der Waals surface area contributed by atoms with E-state index in [4.69, 9.17) is 5.11 Å². The van der Waals surface area contributed by atoms with Crippen LogP contribution in [0, 0.1) is 7.14 Å². The molecule has 78 valence electrons. The third kappa shape index (κ3) is 3.28. The fourth-order valence-corrected chi connectivity index (χ4v) is 4.43. The summed E-state index contributed by atoms with van der Waals surface area (Å²) in [7, 11) is 0. The first-order valence-electron chi connectivity index (χ1n) is 3.56. The average molecular weight is 642 g/mol. The SMILES string of the molecule is OCc1ccc(C(O)(I)I)c(I)c1I. The molecule has 0 aliphatic carbocycles. The highest BCUT2D eigenvalue weighted by Gasteiger charge is 2.25. The fourth-order valence-electron chi connectivity index (χ4n) is 0.944. The molecule has 0 aliphatic heterocycles. The van der Waals surface area contributed by atoms with Crippen LogP contribution in [0.4, 0.5) is 0 Å². The summed E-state index contributed by atoms with van der Waals surface area (Å²) in [6.07, 6.45) is 0. The maximum Gasteiger partial charge on any atom is 0.193 e. The first-order valence-corrected chi connectivity index (χ1v) is 7.87. The highest BCUT2D eigenvalue weighted by Crippen LogP contribution is 2.40. The summed E-state index contributed by atoms with van der Waals surface area (Å²) < 4.78 is 1.12. The predicted octanol–water partition coefficient (Wildman–Crippen LogP) is 3.36. The number of rotatable bonds is 2. The lowest BCUT2D eigenvalue weighted by atomic mass is 10.1. The molecule has 0 saturated heterocycles. The van der Waals surface area contributed by atoms with E-state index in [-0.39, 0.29) is 6.61 Å². The summed E-state index contributed by atoms with van der Waals surface area (Å²) in [4.78, 5) is 0. The molecule has 2 nitrogen and oxygen atoms in total.